The number of benzene rings is 1. The molecule has 0 bridgehead atoms. The lowest BCUT2D eigenvalue weighted by molar-refractivity contribution is 0.591. The Balaban J connectivity index is 2.38. The van der Waals surface area contributed by atoms with E-state index in [9.17, 15) is 12.8 Å². The Morgan fingerprint density at radius 3 is 2.60 bits per heavy atom. The summed E-state index contributed by atoms with van der Waals surface area (Å²) in [5.41, 5.74) is 6.91. The zero-order chi connectivity index (χ0) is 14.9. The second kappa shape index (κ2) is 5.24. The molecule has 1 aromatic heterocycles. The second-order valence-electron chi connectivity index (χ2n) is 4.55. The minimum absolute atomic E-state index is 0.0573. The molecule has 0 amide bonds. The third kappa shape index (κ3) is 2.82. The number of hydrogen-bond donors (Lipinski definition) is 1. The van der Waals surface area contributed by atoms with Crippen LogP contribution in [0.15, 0.2) is 29.2 Å². The molecule has 0 atom stereocenters. The summed E-state index contributed by atoms with van der Waals surface area (Å²) in [6.45, 7) is 1.94. The zero-order valence-electron chi connectivity index (χ0n) is 11.3. The van der Waals surface area contributed by atoms with E-state index in [0.717, 1.165) is 24.2 Å². The van der Waals surface area contributed by atoms with Crippen molar-refractivity contribution in [3.8, 4) is 0 Å². The quantitative estimate of drug-likeness (QED) is 0.688. The van der Waals surface area contributed by atoms with Gasteiger partial charge in [-0.1, -0.05) is 6.92 Å². The molecule has 0 aliphatic heterocycles. The first kappa shape index (κ1) is 14.5. The van der Waals surface area contributed by atoms with Crippen LogP contribution in [0.4, 0.5) is 10.1 Å². The number of hydrogen-bond acceptors (Lipinski definition) is 4. The van der Waals surface area contributed by atoms with Crippen LogP contribution in [0.5, 0.6) is 0 Å². The Morgan fingerprint density at radius 1 is 1.35 bits per heavy atom. The summed E-state index contributed by atoms with van der Waals surface area (Å²) in [5.74, 6) is -0.776. The third-order valence-electron chi connectivity index (χ3n) is 3.03. The smallest absolute Gasteiger partial charge is 0.186 e. The van der Waals surface area contributed by atoms with Crippen LogP contribution in [0.25, 0.3) is 0 Å². The van der Waals surface area contributed by atoms with Gasteiger partial charge in [-0.2, -0.15) is 5.10 Å². The summed E-state index contributed by atoms with van der Waals surface area (Å²) in [7, 11) is -1.94. The summed E-state index contributed by atoms with van der Waals surface area (Å²) in [6, 6.07) is 5.03. The highest BCUT2D eigenvalue weighted by Crippen LogP contribution is 2.23. The van der Waals surface area contributed by atoms with Gasteiger partial charge in [0.2, 0.25) is 0 Å². The van der Waals surface area contributed by atoms with Gasteiger partial charge < -0.3 is 5.73 Å². The van der Waals surface area contributed by atoms with E-state index in [1.807, 2.05) is 6.92 Å². The lowest BCUT2D eigenvalue weighted by Crippen LogP contribution is -2.11. The summed E-state index contributed by atoms with van der Waals surface area (Å²) >= 11 is 0. The molecule has 108 valence electrons. The van der Waals surface area contributed by atoms with E-state index in [4.69, 9.17) is 5.73 Å². The molecule has 0 saturated carbocycles. The number of rotatable bonds is 4. The molecule has 0 unspecified atom stereocenters. The molecule has 0 aliphatic rings. The maximum atomic E-state index is 13.0. The topological polar surface area (TPSA) is 78.0 Å². The molecular weight excluding hydrogens is 281 g/mol. The number of aromatic nitrogens is 2. The molecule has 1 heterocycles. The monoisotopic (exact) mass is 297 g/mol. The van der Waals surface area contributed by atoms with Gasteiger partial charge in [-0.25, -0.2) is 12.8 Å². The van der Waals surface area contributed by atoms with E-state index in [-0.39, 0.29) is 16.3 Å². The first-order valence-corrected chi connectivity index (χ1v) is 7.78. The van der Waals surface area contributed by atoms with Crippen LogP contribution in [-0.4, -0.2) is 18.2 Å². The number of nitrogens with zero attached hydrogens (tertiary/aromatic N) is 2. The molecule has 0 spiro atoms. The van der Waals surface area contributed by atoms with Crippen molar-refractivity contribution in [1.29, 1.82) is 0 Å². The predicted octanol–water partition coefficient (Wildman–Crippen LogP) is 1.68. The van der Waals surface area contributed by atoms with Gasteiger partial charge in [-0.15, -0.1) is 0 Å². The Kier molecular flexibility index (Phi) is 3.80. The van der Waals surface area contributed by atoms with Crippen LogP contribution in [-0.2, 0) is 29.1 Å². The Labute approximate surface area is 117 Å². The van der Waals surface area contributed by atoms with Crippen molar-refractivity contribution in [3.63, 3.8) is 0 Å². The van der Waals surface area contributed by atoms with E-state index in [1.54, 1.807) is 13.1 Å². The van der Waals surface area contributed by atoms with E-state index in [2.05, 4.69) is 5.10 Å². The number of nitrogen functional groups attached to an aromatic ring is 1. The number of anilines is 1. The maximum absolute atomic E-state index is 13.0. The van der Waals surface area contributed by atoms with Gasteiger partial charge in [0.05, 0.1) is 27.7 Å². The van der Waals surface area contributed by atoms with Crippen molar-refractivity contribution in [2.75, 3.05) is 5.73 Å². The lowest BCUT2D eigenvalue weighted by atomic mass is 10.3. The van der Waals surface area contributed by atoms with Gasteiger partial charge in [0.25, 0.3) is 0 Å². The number of aryl methyl sites for hydroxylation is 2. The molecule has 5 nitrogen and oxygen atoms in total. The fraction of sp³-hybridized carbons (Fsp3) is 0.308. The third-order valence-corrected chi connectivity index (χ3v) is 4.75. The van der Waals surface area contributed by atoms with Gasteiger partial charge in [0.1, 0.15) is 5.82 Å². The second-order valence-corrected chi connectivity index (χ2v) is 6.50. The Hall–Kier alpha value is -1.89. The molecule has 0 radical (unpaired) electrons. The minimum atomic E-state index is -3.63. The summed E-state index contributed by atoms with van der Waals surface area (Å²) in [5, 5.41) is 4.20. The molecule has 2 N–H and O–H groups in total. The highest BCUT2D eigenvalue weighted by atomic mass is 32.2. The summed E-state index contributed by atoms with van der Waals surface area (Å²) in [6.07, 6.45) is 0.729. The summed E-state index contributed by atoms with van der Waals surface area (Å²) in [4.78, 5) is -0.0573. The van der Waals surface area contributed by atoms with Gasteiger partial charge in [0.15, 0.2) is 9.84 Å². The Morgan fingerprint density at radius 2 is 2.05 bits per heavy atom. The minimum Gasteiger partial charge on any atom is -0.398 e. The van der Waals surface area contributed by atoms with Crippen LogP contribution < -0.4 is 5.73 Å². The van der Waals surface area contributed by atoms with Crippen LogP contribution in [0.2, 0.25) is 0 Å². The van der Waals surface area contributed by atoms with Crippen molar-refractivity contribution in [3.05, 3.63) is 41.5 Å². The van der Waals surface area contributed by atoms with Crippen molar-refractivity contribution in [2.45, 2.75) is 24.0 Å². The molecule has 0 fully saturated rings. The normalized spacial score (nSPS) is 11.8. The largest absolute Gasteiger partial charge is 0.398 e. The lowest BCUT2D eigenvalue weighted by Gasteiger charge is -2.07. The zero-order valence-corrected chi connectivity index (χ0v) is 12.1. The highest BCUT2D eigenvalue weighted by Gasteiger charge is 2.21. The molecular formula is C13H16FN3O2S. The van der Waals surface area contributed by atoms with Gasteiger partial charge in [0, 0.05) is 7.05 Å². The maximum Gasteiger partial charge on any atom is 0.186 e. The standard InChI is InChI=1S/C13H16FN3O2S/c1-3-10-7-11(17(2)16-10)8-20(18,19)13-5-4-9(14)6-12(13)15/h4-7H,3,8,15H2,1-2H3. The van der Waals surface area contributed by atoms with Crippen LogP contribution in [0.1, 0.15) is 18.3 Å². The van der Waals surface area contributed by atoms with Crippen LogP contribution in [0.3, 0.4) is 0 Å². The first-order valence-electron chi connectivity index (χ1n) is 6.13. The molecule has 20 heavy (non-hydrogen) atoms. The van der Waals surface area contributed by atoms with E-state index in [0.29, 0.717) is 5.69 Å². The Bertz CT molecular complexity index is 738. The fourth-order valence-electron chi connectivity index (χ4n) is 1.95. The molecule has 1 aromatic carbocycles. The molecule has 2 aromatic rings. The van der Waals surface area contributed by atoms with Crippen molar-refractivity contribution < 1.29 is 12.8 Å². The van der Waals surface area contributed by atoms with E-state index < -0.39 is 15.7 Å². The van der Waals surface area contributed by atoms with Gasteiger partial charge >= 0.3 is 0 Å². The average Bonchev–Trinajstić information content (AvgIpc) is 2.69. The highest BCUT2D eigenvalue weighted by molar-refractivity contribution is 7.90. The first-order chi connectivity index (χ1) is 9.33. The molecule has 2 rings (SSSR count). The molecule has 0 saturated heterocycles. The van der Waals surface area contributed by atoms with E-state index >= 15 is 0 Å². The predicted molar refractivity (Wildman–Crippen MR) is 74.3 cm³/mol. The number of nitrogens with two attached hydrogens (primary N) is 1. The molecule has 0 aliphatic carbocycles. The van der Waals surface area contributed by atoms with Gasteiger partial charge in [-0.05, 0) is 30.7 Å². The average molecular weight is 297 g/mol. The number of halogens is 1. The summed E-state index contributed by atoms with van der Waals surface area (Å²) < 4.78 is 39.2. The van der Waals surface area contributed by atoms with E-state index in [1.165, 1.54) is 10.7 Å². The number of sulfone groups is 1. The van der Waals surface area contributed by atoms with Crippen LogP contribution in [0, 0.1) is 5.82 Å². The molecule has 7 heteroatoms. The van der Waals surface area contributed by atoms with Crippen molar-refractivity contribution in [2.24, 2.45) is 7.05 Å². The SMILES string of the molecule is CCc1cc(CS(=O)(=O)c2ccc(F)cc2N)n(C)n1. The van der Waals surface area contributed by atoms with Crippen molar-refractivity contribution in [1.82, 2.24) is 9.78 Å². The van der Waals surface area contributed by atoms with Gasteiger partial charge in [-0.3, -0.25) is 4.68 Å². The van der Waals surface area contributed by atoms with Crippen molar-refractivity contribution >= 4 is 15.5 Å². The fourth-order valence-corrected chi connectivity index (χ4v) is 3.46. The van der Waals surface area contributed by atoms with Crippen LogP contribution >= 0.6 is 0 Å².